The van der Waals surface area contributed by atoms with Gasteiger partial charge in [-0.2, -0.15) is 0 Å². The molecule has 2 atom stereocenters. The van der Waals surface area contributed by atoms with Crippen LogP contribution in [0, 0.1) is 0 Å². The van der Waals surface area contributed by atoms with Crippen LogP contribution in [0.15, 0.2) is 60.8 Å². The van der Waals surface area contributed by atoms with E-state index in [1.54, 1.807) is 0 Å². The first-order chi connectivity index (χ1) is 26.7. The molecule has 0 aromatic carbocycles. The molecule has 0 bridgehead atoms. The molecule has 0 spiro atoms. The number of hydrogen-bond donors (Lipinski definition) is 1. The lowest BCUT2D eigenvalue weighted by molar-refractivity contribution is -0.161. The van der Waals surface area contributed by atoms with Gasteiger partial charge >= 0.3 is 19.8 Å². The predicted molar refractivity (Wildman–Crippen MR) is 229 cm³/mol. The van der Waals surface area contributed by atoms with Crippen LogP contribution >= 0.6 is 7.82 Å². The monoisotopic (exact) mass is 794 g/mol. The Kier molecular flexibility index (Phi) is 38.3. The molecule has 0 radical (unpaired) electrons. The number of phosphoric ester groups is 1. The maximum absolute atomic E-state index is 12.6. The Morgan fingerprint density at radius 2 is 1.00 bits per heavy atom. The maximum atomic E-state index is 12.6. The Morgan fingerprint density at radius 1 is 0.564 bits per heavy atom. The number of nitrogens with zero attached hydrogens (tertiary/aromatic N) is 1. The molecule has 55 heavy (non-hydrogen) atoms. The van der Waals surface area contributed by atoms with Crippen molar-refractivity contribution in [1.29, 1.82) is 0 Å². The molecule has 1 N–H and O–H groups in total. The molecule has 0 saturated heterocycles. The van der Waals surface area contributed by atoms with Crippen LogP contribution in [-0.4, -0.2) is 68.3 Å². The van der Waals surface area contributed by atoms with E-state index in [0.717, 1.165) is 57.8 Å². The van der Waals surface area contributed by atoms with Crippen molar-refractivity contribution in [3.8, 4) is 0 Å². The largest absolute Gasteiger partial charge is 0.472 e. The summed E-state index contributed by atoms with van der Waals surface area (Å²) in [5.74, 6) is -0.882. The van der Waals surface area contributed by atoms with Gasteiger partial charge in [0.25, 0.3) is 0 Å². The average molecular weight is 794 g/mol. The van der Waals surface area contributed by atoms with E-state index in [-0.39, 0.29) is 26.1 Å². The number of phosphoric acid groups is 1. The Balaban J connectivity index is 4.42. The van der Waals surface area contributed by atoms with Gasteiger partial charge in [0, 0.05) is 19.4 Å². The van der Waals surface area contributed by atoms with E-state index in [1.165, 1.54) is 70.6 Å². The zero-order valence-corrected chi connectivity index (χ0v) is 36.2. The van der Waals surface area contributed by atoms with E-state index >= 15 is 0 Å². The fourth-order valence-corrected chi connectivity index (χ4v) is 6.18. The number of rotatable bonds is 39. The molecule has 0 aromatic rings. The van der Waals surface area contributed by atoms with Crippen LogP contribution in [0.4, 0.5) is 0 Å². The first kappa shape index (κ1) is 52.7. The third-order valence-electron chi connectivity index (χ3n) is 8.80. The van der Waals surface area contributed by atoms with Gasteiger partial charge in [-0.1, -0.05) is 139 Å². The fourth-order valence-electron chi connectivity index (χ4n) is 5.44. The van der Waals surface area contributed by atoms with Crippen LogP contribution in [0.25, 0.3) is 0 Å². The lowest BCUT2D eigenvalue weighted by atomic mass is 10.1. The molecule has 9 nitrogen and oxygen atoms in total. The highest BCUT2D eigenvalue weighted by molar-refractivity contribution is 7.47. The summed E-state index contributed by atoms with van der Waals surface area (Å²) in [6.07, 6.45) is 45.6. The van der Waals surface area contributed by atoms with Gasteiger partial charge in [-0.15, -0.1) is 0 Å². The van der Waals surface area contributed by atoms with Crippen LogP contribution in [-0.2, 0) is 32.7 Å². The molecule has 0 aliphatic rings. The molecule has 0 fully saturated rings. The minimum Gasteiger partial charge on any atom is -0.462 e. The van der Waals surface area contributed by atoms with E-state index < -0.39 is 32.5 Å². The van der Waals surface area contributed by atoms with Gasteiger partial charge in [0.1, 0.15) is 6.61 Å². The zero-order valence-electron chi connectivity index (χ0n) is 35.3. The normalized spacial score (nSPS) is 14.0. The minimum absolute atomic E-state index is 0.00482. The number of allylic oxidation sites excluding steroid dienone is 10. The van der Waals surface area contributed by atoms with Gasteiger partial charge in [-0.25, -0.2) is 4.57 Å². The summed E-state index contributed by atoms with van der Waals surface area (Å²) in [5, 5.41) is 0. The summed E-state index contributed by atoms with van der Waals surface area (Å²) < 4.78 is 33.4. The number of hydrogen-bond acceptors (Lipinski definition) is 8. The molecule has 0 amide bonds. The van der Waals surface area contributed by atoms with Gasteiger partial charge in [-0.3, -0.25) is 18.6 Å². The van der Waals surface area contributed by atoms with Gasteiger partial charge < -0.3 is 19.3 Å². The van der Waals surface area contributed by atoms with Crippen LogP contribution in [0.2, 0.25) is 0 Å². The van der Waals surface area contributed by atoms with Gasteiger partial charge in [0.15, 0.2) is 6.10 Å². The smallest absolute Gasteiger partial charge is 0.462 e. The Hall–Kier alpha value is -2.29. The molecule has 10 heteroatoms. The number of likely N-dealkylation sites (N-methyl/N-ethyl adjacent to an activating group) is 1. The highest BCUT2D eigenvalue weighted by Crippen LogP contribution is 2.43. The first-order valence-corrected chi connectivity index (χ1v) is 23.1. The first-order valence-electron chi connectivity index (χ1n) is 21.6. The topological polar surface area (TPSA) is 112 Å². The predicted octanol–water partition coefficient (Wildman–Crippen LogP) is 12.3. The van der Waals surface area contributed by atoms with Crippen molar-refractivity contribution in [3.63, 3.8) is 0 Å². The number of carbonyl (C=O) groups excluding carboxylic acids is 2. The summed E-state index contributed by atoms with van der Waals surface area (Å²) >= 11 is 0. The molecule has 0 aromatic heterocycles. The zero-order chi connectivity index (χ0) is 40.5. The summed E-state index contributed by atoms with van der Waals surface area (Å²) in [7, 11) is -0.744. The standard InChI is InChI=1S/C45H80NO8P/c1-5-7-9-11-13-15-17-19-21-22-24-25-27-29-31-33-35-37-44(47)51-41-43(42-53-55(49,50)52-40-39-46(3)4)54-45(48)38-36-34-32-30-28-26-23-20-18-16-14-12-10-8-6-2/h13,15,19-21,23-25,29,31,43H,5-12,14,16-18,22,26-28,30,32-42H2,1-4H3,(H,49,50)/b15-13-,21-19-,23-20-,25-24-,31-29-. The second kappa shape index (κ2) is 39.9. The third-order valence-corrected chi connectivity index (χ3v) is 9.78. The molecule has 0 heterocycles. The second-order valence-corrected chi connectivity index (χ2v) is 16.0. The Bertz CT molecular complexity index is 1100. The van der Waals surface area contributed by atoms with Gasteiger partial charge in [0.05, 0.1) is 13.2 Å². The number of carbonyl (C=O) groups is 2. The van der Waals surface area contributed by atoms with Crippen molar-refractivity contribution in [2.75, 3.05) is 40.5 Å². The summed E-state index contributed by atoms with van der Waals surface area (Å²) in [6.45, 7) is 4.20. The van der Waals surface area contributed by atoms with Crippen molar-refractivity contribution in [3.05, 3.63) is 60.8 Å². The fraction of sp³-hybridized carbons (Fsp3) is 0.733. The summed E-state index contributed by atoms with van der Waals surface area (Å²) in [4.78, 5) is 37.0. The molecular weight excluding hydrogens is 713 g/mol. The minimum atomic E-state index is -4.38. The molecule has 0 aliphatic carbocycles. The molecular formula is C45H80NO8P. The average Bonchev–Trinajstić information content (AvgIpc) is 3.15. The van der Waals surface area contributed by atoms with Crippen LogP contribution in [0.5, 0.6) is 0 Å². The molecule has 2 unspecified atom stereocenters. The Morgan fingerprint density at radius 3 is 1.56 bits per heavy atom. The van der Waals surface area contributed by atoms with Crippen molar-refractivity contribution in [2.24, 2.45) is 0 Å². The lowest BCUT2D eigenvalue weighted by Gasteiger charge is -2.20. The Labute approximate surface area is 336 Å². The van der Waals surface area contributed by atoms with Crippen molar-refractivity contribution >= 4 is 19.8 Å². The maximum Gasteiger partial charge on any atom is 0.472 e. The number of ether oxygens (including phenoxy) is 2. The highest BCUT2D eigenvalue weighted by Gasteiger charge is 2.26. The summed E-state index contributed by atoms with van der Waals surface area (Å²) in [5.41, 5.74) is 0. The van der Waals surface area contributed by atoms with Crippen LogP contribution in [0.3, 0.4) is 0 Å². The van der Waals surface area contributed by atoms with Gasteiger partial charge in [0.2, 0.25) is 0 Å². The summed E-state index contributed by atoms with van der Waals surface area (Å²) in [6, 6.07) is 0. The van der Waals surface area contributed by atoms with E-state index in [1.807, 2.05) is 19.0 Å². The van der Waals surface area contributed by atoms with E-state index in [9.17, 15) is 19.0 Å². The third kappa shape index (κ3) is 41.2. The molecule has 0 saturated carbocycles. The van der Waals surface area contributed by atoms with E-state index in [2.05, 4.69) is 74.6 Å². The number of unbranched alkanes of at least 4 members (excludes halogenated alkanes) is 15. The van der Waals surface area contributed by atoms with Crippen LogP contribution < -0.4 is 0 Å². The van der Waals surface area contributed by atoms with Gasteiger partial charge in [-0.05, 0) is 91.1 Å². The lowest BCUT2D eigenvalue weighted by Crippen LogP contribution is -2.29. The molecule has 318 valence electrons. The van der Waals surface area contributed by atoms with Crippen molar-refractivity contribution < 1.29 is 37.6 Å². The van der Waals surface area contributed by atoms with Crippen LogP contribution in [0.1, 0.15) is 168 Å². The number of esters is 2. The van der Waals surface area contributed by atoms with Crippen molar-refractivity contribution in [2.45, 2.75) is 174 Å². The van der Waals surface area contributed by atoms with E-state index in [0.29, 0.717) is 19.4 Å². The molecule has 0 rings (SSSR count). The molecule has 0 aliphatic heterocycles. The van der Waals surface area contributed by atoms with E-state index in [4.69, 9.17) is 18.5 Å². The quantitative estimate of drug-likeness (QED) is 0.0281. The SMILES string of the molecule is CCCCC/C=C\C/C=C\C/C=C\C/C=C\CCCC(=O)OCC(COP(=O)(O)OCCN(C)C)OC(=O)CCCCCCC/C=C\CCCCCCCC. The highest BCUT2D eigenvalue weighted by atomic mass is 31.2. The van der Waals surface area contributed by atoms with Crippen molar-refractivity contribution in [1.82, 2.24) is 4.90 Å². The second-order valence-electron chi connectivity index (χ2n) is 14.5.